The van der Waals surface area contributed by atoms with Crippen molar-refractivity contribution in [2.45, 2.75) is 39.3 Å². The first-order valence-electron chi connectivity index (χ1n) is 9.45. The molecule has 0 aliphatic heterocycles. The van der Waals surface area contributed by atoms with Gasteiger partial charge in [-0.1, -0.05) is 12.1 Å². The molecule has 0 aliphatic rings. The summed E-state index contributed by atoms with van der Waals surface area (Å²) in [4.78, 5) is 10.9. The van der Waals surface area contributed by atoms with Crippen LogP contribution >= 0.6 is 11.3 Å². The van der Waals surface area contributed by atoms with Gasteiger partial charge in [0.2, 0.25) is 5.89 Å². The molecule has 0 radical (unpaired) electrons. The molecule has 0 atom stereocenters. The molecule has 0 N–H and O–H groups in total. The molecular formula is C22H23N3O2S. The second kappa shape index (κ2) is 8.89. The summed E-state index contributed by atoms with van der Waals surface area (Å²) in [6.07, 6.45) is 10.7. The zero-order chi connectivity index (χ0) is 19.2. The van der Waals surface area contributed by atoms with Crippen LogP contribution in [-0.4, -0.2) is 14.5 Å². The number of rotatable bonds is 9. The smallest absolute Gasteiger partial charge is 0.236 e. The topological polar surface area (TPSA) is 53.1 Å². The Balaban J connectivity index is 1.23. The molecular weight excluding hydrogens is 370 g/mol. The third kappa shape index (κ3) is 4.89. The van der Waals surface area contributed by atoms with Gasteiger partial charge in [0.1, 0.15) is 24.3 Å². The number of aromatic nitrogens is 3. The van der Waals surface area contributed by atoms with Crippen molar-refractivity contribution in [2.24, 2.45) is 0 Å². The number of unbranched alkanes of at least 4 members (excludes halogenated alkanes) is 1. The molecule has 4 rings (SSSR count). The molecule has 3 aromatic heterocycles. The van der Waals surface area contributed by atoms with Gasteiger partial charge in [0.15, 0.2) is 0 Å². The van der Waals surface area contributed by atoms with Crippen molar-refractivity contribution in [1.82, 2.24) is 14.5 Å². The SMILES string of the molecule is Cc1ccc(-c2nc(COc3ccc(CCCCn4ccnc4)cc3)co2)s1. The monoisotopic (exact) mass is 393 g/mol. The summed E-state index contributed by atoms with van der Waals surface area (Å²) in [5.41, 5.74) is 2.12. The predicted octanol–water partition coefficient (Wildman–Crippen LogP) is 5.51. The first-order chi connectivity index (χ1) is 13.8. The van der Waals surface area contributed by atoms with Crippen molar-refractivity contribution in [3.8, 4) is 16.5 Å². The van der Waals surface area contributed by atoms with Crippen LogP contribution in [0.4, 0.5) is 0 Å². The van der Waals surface area contributed by atoms with E-state index in [4.69, 9.17) is 9.15 Å². The van der Waals surface area contributed by atoms with Crippen LogP contribution in [0.2, 0.25) is 0 Å². The molecule has 0 saturated carbocycles. The van der Waals surface area contributed by atoms with Gasteiger partial charge in [0, 0.05) is 23.8 Å². The van der Waals surface area contributed by atoms with Gasteiger partial charge in [0.25, 0.3) is 0 Å². The van der Waals surface area contributed by atoms with E-state index in [9.17, 15) is 0 Å². The first-order valence-corrected chi connectivity index (χ1v) is 10.3. The zero-order valence-corrected chi connectivity index (χ0v) is 16.7. The number of nitrogens with zero attached hydrogens (tertiary/aromatic N) is 3. The summed E-state index contributed by atoms with van der Waals surface area (Å²) < 4.78 is 13.5. The largest absolute Gasteiger partial charge is 0.487 e. The molecule has 0 spiro atoms. The number of imidazole rings is 1. The third-order valence-electron chi connectivity index (χ3n) is 4.50. The van der Waals surface area contributed by atoms with E-state index in [2.05, 4.69) is 39.7 Å². The summed E-state index contributed by atoms with van der Waals surface area (Å²) in [5, 5.41) is 0. The third-order valence-corrected chi connectivity index (χ3v) is 5.49. The maximum atomic E-state index is 5.85. The Bertz CT molecular complexity index is 987. The fourth-order valence-corrected chi connectivity index (χ4v) is 3.79. The minimum atomic E-state index is 0.401. The summed E-state index contributed by atoms with van der Waals surface area (Å²) in [6, 6.07) is 12.4. The van der Waals surface area contributed by atoms with Gasteiger partial charge in [0.05, 0.1) is 11.2 Å². The lowest BCUT2D eigenvalue weighted by Crippen LogP contribution is -1.97. The highest BCUT2D eigenvalue weighted by molar-refractivity contribution is 7.15. The van der Waals surface area contributed by atoms with E-state index < -0.39 is 0 Å². The highest BCUT2D eigenvalue weighted by atomic mass is 32.1. The van der Waals surface area contributed by atoms with Gasteiger partial charge in [-0.3, -0.25) is 0 Å². The first kappa shape index (κ1) is 18.5. The molecule has 0 unspecified atom stereocenters. The Morgan fingerprint density at radius 1 is 1.11 bits per heavy atom. The summed E-state index contributed by atoms with van der Waals surface area (Å²) in [6.45, 7) is 3.49. The van der Waals surface area contributed by atoms with Crippen molar-refractivity contribution >= 4 is 11.3 Å². The van der Waals surface area contributed by atoms with Crippen LogP contribution in [0.25, 0.3) is 10.8 Å². The number of hydrogen-bond donors (Lipinski definition) is 0. The van der Waals surface area contributed by atoms with Gasteiger partial charge in [-0.2, -0.15) is 0 Å². The van der Waals surface area contributed by atoms with E-state index in [1.54, 1.807) is 17.6 Å². The zero-order valence-electron chi connectivity index (χ0n) is 15.9. The molecule has 5 nitrogen and oxygen atoms in total. The van der Waals surface area contributed by atoms with Crippen molar-refractivity contribution in [2.75, 3.05) is 0 Å². The maximum Gasteiger partial charge on any atom is 0.236 e. The summed E-state index contributed by atoms with van der Waals surface area (Å²) in [5.74, 6) is 1.50. The number of aryl methyl sites for hydroxylation is 3. The van der Waals surface area contributed by atoms with Crippen LogP contribution in [0, 0.1) is 6.92 Å². The lowest BCUT2D eigenvalue weighted by atomic mass is 10.1. The molecule has 4 aromatic rings. The molecule has 0 bridgehead atoms. The van der Waals surface area contributed by atoms with Gasteiger partial charge in [-0.05, 0) is 56.0 Å². The molecule has 144 valence electrons. The van der Waals surface area contributed by atoms with Crippen LogP contribution < -0.4 is 4.74 Å². The van der Waals surface area contributed by atoms with E-state index in [-0.39, 0.29) is 0 Å². The lowest BCUT2D eigenvalue weighted by Gasteiger charge is -2.06. The van der Waals surface area contributed by atoms with Crippen molar-refractivity contribution in [3.05, 3.63) is 77.5 Å². The minimum absolute atomic E-state index is 0.401. The lowest BCUT2D eigenvalue weighted by molar-refractivity contribution is 0.301. The van der Waals surface area contributed by atoms with Gasteiger partial charge in [-0.15, -0.1) is 11.3 Å². The number of thiophene rings is 1. The molecule has 0 saturated heterocycles. The Morgan fingerprint density at radius 2 is 2.00 bits per heavy atom. The van der Waals surface area contributed by atoms with Crippen LogP contribution in [-0.2, 0) is 19.6 Å². The van der Waals surface area contributed by atoms with Gasteiger partial charge >= 0.3 is 0 Å². The predicted molar refractivity (Wildman–Crippen MR) is 110 cm³/mol. The Hall–Kier alpha value is -2.86. The van der Waals surface area contributed by atoms with Crippen LogP contribution in [0.5, 0.6) is 5.75 Å². The molecule has 6 heteroatoms. The fourth-order valence-electron chi connectivity index (χ4n) is 2.99. The fraction of sp³-hybridized carbons (Fsp3) is 0.273. The minimum Gasteiger partial charge on any atom is -0.487 e. The molecule has 0 amide bonds. The number of hydrogen-bond acceptors (Lipinski definition) is 5. The molecule has 1 aromatic carbocycles. The second-order valence-corrected chi connectivity index (χ2v) is 8.03. The summed E-state index contributed by atoms with van der Waals surface area (Å²) >= 11 is 1.68. The second-order valence-electron chi connectivity index (χ2n) is 6.74. The molecule has 3 heterocycles. The maximum absolute atomic E-state index is 5.85. The Kier molecular flexibility index (Phi) is 5.87. The van der Waals surface area contributed by atoms with Gasteiger partial charge in [-0.25, -0.2) is 9.97 Å². The van der Waals surface area contributed by atoms with E-state index in [1.165, 1.54) is 10.4 Å². The average Bonchev–Trinajstić information content (AvgIpc) is 3.46. The van der Waals surface area contributed by atoms with Crippen LogP contribution in [0.15, 0.2) is 65.8 Å². The number of ether oxygens (including phenoxy) is 1. The molecule has 0 fully saturated rings. The van der Waals surface area contributed by atoms with E-state index in [0.717, 1.165) is 42.1 Å². The molecule has 0 aliphatic carbocycles. The normalized spacial score (nSPS) is 11.0. The quantitative estimate of drug-likeness (QED) is 0.352. The standard InChI is InChI=1S/C22H23N3O2S/c1-17-5-10-21(28-17)22-24-19(15-27-22)14-26-20-8-6-18(7-9-20)4-2-3-12-25-13-11-23-16-25/h5-11,13,15-16H,2-4,12,14H2,1H3. The molecule has 28 heavy (non-hydrogen) atoms. The number of oxazole rings is 1. The van der Waals surface area contributed by atoms with Crippen molar-refractivity contribution < 1.29 is 9.15 Å². The van der Waals surface area contributed by atoms with E-state index in [0.29, 0.717) is 12.5 Å². The average molecular weight is 394 g/mol. The van der Waals surface area contributed by atoms with E-state index in [1.807, 2.05) is 36.9 Å². The highest BCUT2D eigenvalue weighted by Gasteiger charge is 2.09. The van der Waals surface area contributed by atoms with Crippen molar-refractivity contribution in [1.29, 1.82) is 0 Å². The van der Waals surface area contributed by atoms with Crippen LogP contribution in [0.3, 0.4) is 0 Å². The van der Waals surface area contributed by atoms with E-state index >= 15 is 0 Å². The summed E-state index contributed by atoms with van der Waals surface area (Å²) in [7, 11) is 0. The number of benzene rings is 1. The highest BCUT2D eigenvalue weighted by Crippen LogP contribution is 2.27. The Morgan fingerprint density at radius 3 is 2.75 bits per heavy atom. The van der Waals surface area contributed by atoms with Crippen molar-refractivity contribution in [3.63, 3.8) is 0 Å². The Labute approximate surface area is 168 Å². The van der Waals surface area contributed by atoms with Crippen LogP contribution in [0.1, 0.15) is 29.0 Å². The van der Waals surface area contributed by atoms with Gasteiger partial charge < -0.3 is 13.7 Å².